The molecule has 0 unspecified atom stereocenters. The molecule has 3 fully saturated rings. The minimum atomic E-state index is -4.58. The minimum absolute atomic E-state index is 0.00922. The Labute approximate surface area is 163 Å². The summed E-state index contributed by atoms with van der Waals surface area (Å²) in [5.74, 6) is 3.31. The van der Waals surface area contributed by atoms with Crippen molar-refractivity contribution in [3.8, 4) is 0 Å². The largest absolute Gasteiger partial charge is 0.509 e. The van der Waals surface area contributed by atoms with Gasteiger partial charge >= 0.3 is 10.4 Å². The molecule has 0 heterocycles. The Kier molecular flexibility index (Phi) is 4.62. The van der Waals surface area contributed by atoms with Gasteiger partial charge in [0.1, 0.15) is 5.76 Å². The molecule has 0 bridgehead atoms. The minimum Gasteiger partial charge on any atom is -0.509 e. The van der Waals surface area contributed by atoms with E-state index in [4.69, 9.17) is 8.74 Å². The van der Waals surface area contributed by atoms with Crippen molar-refractivity contribution < 1.29 is 22.3 Å². The van der Waals surface area contributed by atoms with Gasteiger partial charge in [-0.25, -0.2) is 0 Å². The molecule has 0 aromatic carbocycles. The van der Waals surface area contributed by atoms with Gasteiger partial charge in [-0.2, -0.15) is 8.42 Å². The fourth-order valence-corrected chi connectivity index (χ4v) is 8.35. The van der Waals surface area contributed by atoms with Crippen LogP contribution in [0.25, 0.3) is 0 Å². The first-order valence-electron chi connectivity index (χ1n) is 10.7. The van der Waals surface area contributed by atoms with Crippen molar-refractivity contribution in [3.05, 3.63) is 11.5 Å². The zero-order valence-corrected chi connectivity index (χ0v) is 17.6. The molecule has 27 heavy (non-hydrogen) atoms. The number of fused-ring (bicyclic) bond motifs is 5. The van der Waals surface area contributed by atoms with E-state index < -0.39 is 10.4 Å². The second-order valence-electron chi connectivity index (χ2n) is 10.1. The van der Waals surface area contributed by atoms with Crippen LogP contribution in [0.3, 0.4) is 0 Å². The zero-order chi connectivity index (χ0) is 19.6. The van der Waals surface area contributed by atoms with Crippen LogP contribution in [-0.4, -0.2) is 18.1 Å². The lowest BCUT2D eigenvalue weighted by Crippen LogP contribution is -2.53. The Morgan fingerprint density at radius 1 is 1.07 bits per heavy atom. The van der Waals surface area contributed by atoms with E-state index in [2.05, 4.69) is 20.8 Å². The maximum absolute atomic E-state index is 11.1. The van der Waals surface area contributed by atoms with Gasteiger partial charge in [0.15, 0.2) is 5.76 Å². The van der Waals surface area contributed by atoms with Gasteiger partial charge in [-0.05, 0) is 78.9 Å². The average Bonchev–Trinajstić information content (AvgIpc) is 2.91. The van der Waals surface area contributed by atoms with Crippen LogP contribution in [0.15, 0.2) is 11.5 Å². The molecule has 4 rings (SSSR count). The maximum atomic E-state index is 11.1. The predicted octanol–water partition coefficient (Wildman–Crippen LogP) is 5.25. The number of aliphatic hydroxyl groups is 1. The van der Waals surface area contributed by atoms with Crippen LogP contribution in [0.4, 0.5) is 0 Å². The summed E-state index contributed by atoms with van der Waals surface area (Å²) >= 11 is 0. The van der Waals surface area contributed by atoms with Crippen LogP contribution in [0.1, 0.15) is 78.6 Å². The smallest absolute Gasteiger partial charge is 0.446 e. The highest BCUT2D eigenvalue weighted by Crippen LogP contribution is 2.68. The van der Waals surface area contributed by atoms with Gasteiger partial charge in [0.2, 0.25) is 0 Å². The first-order valence-corrected chi connectivity index (χ1v) is 12.0. The molecule has 4 aliphatic carbocycles. The molecule has 0 aromatic heterocycles. The van der Waals surface area contributed by atoms with Gasteiger partial charge in [-0.15, -0.1) is 0 Å². The first-order chi connectivity index (χ1) is 12.6. The highest BCUT2D eigenvalue weighted by Gasteiger charge is 2.60. The van der Waals surface area contributed by atoms with E-state index in [1.807, 2.05) is 0 Å². The Morgan fingerprint density at radius 2 is 1.78 bits per heavy atom. The van der Waals surface area contributed by atoms with Crippen LogP contribution in [0.2, 0.25) is 0 Å². The molecule has 2 N–H and O–H groups in total. The van der Waals surface area contributed by atoms with Crippen molar-refractivity contribution >= 4 is 10.4 Å². The Hall–Kier alpha value is -0.750. The molecule has 154 valence electrons. The summed E-state index contributed by atoms with van der Waals surface area (Å²) < 4.78 is 36.0. The van der Waals surface area contributed by atoms with Gasteiger partial charge in [0, 0.05) is 12.8 Å². The molecular formula is C21H34O5S. The van der Waals surface area contributed by atoms with Crippen LogP contribution in [0.5, 0.6) is 0 Å². The first kappa shape index (κ1) is 19.6. The average molecular weight is 399 g/mol. The van der Waals surface area contributed by atoms with Gasteiger partial charge in [-0.1, -0.05) is 27.2 Å². The summed E-state index contributed by atoms with van der Waals surface area (Å²) in [6.45, 7) is 7.16. The fraction of sp³-hybridized carbons (Fsp3) is 0.905. The second-order valence-corrected chi connectivity index (χ2v) is 11.2. The van der Waals surface area contributed by atoms with Crippen molar-refractivity contribution in [2.75, 3.05) is 0 Å². The number of aliphatic hydroxyl groups excluding tert-OH is 1. The van der Waals surface area contributed by atoms with Gasteiger partial charge in [-0.3, -0.25) is 4.55 Å². The van der Waals surface area contributed by atoms with E-state index in [0.717, 1.165) is 24.2 Å². The number of hydrogen-bond acceptors (Lipinski definition) is 4. The van der Waals surface area contributed by atoms with Crippen LogP contribution in [0, 0.1) is 40.4 Å². The molecular weight excluding hydrogens is 364 g/mol. The topological polar surface area (TPSA) is 83.8 Å². The molecule has 0 aliphatic heterocycles. The summed E-state index contributed by atoms with van der Waals surface area (Å²) in [7, 11) is -4.58. The maximum Gasteiger partial charge on any atom is 0.446 e. The van der Waals surface area contributed by atoms with Crippen LogP contribution < -0.4 is 0 Å². The van der Waals surface area contributed by atoms with Crippen molar-refractivity contribution in [3.63, 3.8) is 0 Å². The third kappa shape index (κ3) is 3.02. The van der Waals surface area contributed by atoms with Crippen molar-refractivity contribution in [1.82, 2.24) is 0 Å². The SMILES string of the molecule is CC[C@H]1CC[C@@H]2[C@@H]3CC[C@H]4CC(OS(=O)(=O)O)=C(O)C[C@]4(C)[C@H]3CC[C@]12C. The van der Waals surface area contributed by atoms with Crippen molar-refractivity contribution in [1.29, 1.82) is 0 Å². The number of rotatable bonds is 3. The summed E-state index contributed by atoms with van der Waals surface area (Å²) in [4.78, 5) is 0. The highest BCUT2D eigenvalue weighted by atomic mass is 32.3. The third-order valence-electron chi connectivity index (χ3n) is 9.26. The monoisotopic (exact) mass is 398 g/mol. The third-order valence-corrected chi connectivity index (χ3v) is 9.67. The lowest BCUT2D eigenvalue weighted by molar-refractivity contribution is -0.106. The van der Waals surface area contributed by atoms with E-state index >= 15 is 0 Å². The zero-order valence-electron chi connectivity index (χ0n) is 16.8. The summed E-state index contributed by atoms with van der Waals surface area (Å²) in [6, 6.07) is 0. The normalized spacial score (nSPS) is 47.2. The predicted molar refractivity (Wildman–Crippen MR) is 103 cm³/mol. The molecule has 0 saturated heterocycles. The summed E-state index contributed by atoms with van der Waals surface area (Å²) in [5, 5.41) is 10.5. The number of allylic oxidation sites excluding steroid dienone is 2. The molecule has 0 amide bonds. The molecule has 4 aliphatic rings. The molecule has 0 spiro atoms. The quantitative estimate of drug-likeness (QED) is 0.634. The van der Waals surface area contributed by atoms with Crippen molar-refractivity contribution in [2.45, 2.75) is 78.6 Å². The highest BCUT2D eigenvalue weighted by molar-refractivity contribution is 7.81. The van der Waals surface area contributed by atoms with E-state index in [1.54, 1.807) is 0 Å². The summed E-state index contributed by atoms with van der Waals surface area (Å²) in [6.07, 6.45) is 9.59. The molecule has 7 atom stereocenters. The lowest BCUT2D eigenvalue weighted by atomic mass is 9.45. The van der Waals surface area contributed by atoms with Crippen LogP contribution in [-0.2, 0) is 14.6 Å². The standard InChI is InChI=1S/C21H34O5S/c1-4-13-6-8-16-15-7-5-14-11-19(26-27(23,24)25)18(22)12-21(14,3)17(15)9-10-20(13,16)2/h13-17,22H,4-12H2,1-3H3,(H,23,24,25)/t13-,14-,15-,16+,17-,20+,21-/m0/s1. The second kappa shape index (κ2) is 6.38. The van der Waals surface area contributed by atoms with E-state index in [0.29, 0.717) is 30.1 Å². The van der Waals surface area contributed by atoms with E-state index in [1.165, 1.54) is 38.5 Å². The van der Waals surface area contributed by atoms with E-state index in [-0.39, 0.29) is 16.9 Å². The molecule has 0 aromatic rings. The fourth-order valence-electron chi connectivity index (χ4n) is 7.94. The van der Waals surface area contributed by atoms with Gasteiger partial charge in [0.25, 0.3) is 0 Å². The Morgan fingerprint density at radius 3 is 2.44 bits per heavy atom. The Balaban J connectivity index is 1.61. The number of hydrogen-bond donors (Lipinski definition) is 2. The molecule has 6 heteroatoms. The summed E-state index contributed by atoms with van der Waals surface area (Å²) in [5.41, 5.74) is 0.468. The van der Waals surface area contributed by atoms with E-state index in [9.17, 15) is 13.5 Å². The van der Waals surface area contributed by atoms with Gasteiger partial charge < -0.3 is 9.29 Å². The molecule has 5 nitrogen and oxygen atoms in total. The Bertz CT molecular complexity index is 744. The lowest BCUT2D eigenvalue weighted by Gasteiger charge is -2.60. The van der Waals surface area contributed by atoms with Gasteiger partial charge in [0.05, 0.1) is 0 Å². The molecule has 3 saturated carbocycles. The molecule has 0 radical (unpaired) electrons. The van der Waals surface area contributed by atoms with Crippen molar-refractivity contribution in [2.24, 2.45) is 40.4 Å². The van der Waals surface area contributed by atoms with Crippen LogP contribution >= 0.6 is 0 Å².